The van der Waals surface area contributed by atoms with Crippen LogP contribution in [0.5, 0.6) is 0 Å². The Kier molecular flexibility index (Phi) is 1.30. The van der Waals surface area contributed by atoms with Crippen LogP contribution >= 0.6 is 0 Å². The summed E-state index contributed by atoms with van der Waals surface area (Å²) in [5.74, 6) is 3.39. The van der Waals surface area contributed by atoms with Gasteiger partial charge in [-0.3, -0.25) is 5.10 Å². The van der Waals surface area contributed by atoms with Crippen molar-refractivity contribution in [2.75, 3.05) is 5.73 Å². The zero-order valence-corrected chi connectivity index (χ0v) is 7.88. The Balaban J connectivity index is 1.82. The zero-order valence-electron chi connectivity index (χ0n) is 7.88. The molecule has 1 heterocycles. The second-order valence-electron chi connectivity index (χ2n) is 4.49. The first-order valence-electron chi connectivity index (χ1n) is 5.07. The van der Waals surface area contributed by atoms with Crippen molar-refractivity contribution in [1.29, 1.82) is 0 Å². The van der Waals surface area contributed by atoms with Crippen LogP contribution in [0, 0.1) is 18.8 Å². The summed E-state index contributed by atoms with van der Waals surface area (Å²) in [4.78, 5) is 0. The van der Waals surface area contributed by atoms with Gasteiger partial charge in [0.15, 0.2) is 0 Å². The van der Waals surface area contributed by atoms with Gasteiger partial charge in [-0.15, -0.1) is 0 Å². The van der Waals surface area contributed by atoms with Gasteiger partial charge in [0.1, 0.15) is 5.82 Å². The van der Waals surface area contributed by atoms with Gasteiger partial charge in [0.25, 0.3) is 0 Å². The number of aromatic nitrogens is 2. The van der Waals surface area contributed by atoms with E-state index in [-0.39, 0.29) is 0 Å². The molecule has 3 nitrogen and oxygen atoms in total. The fraction of sp³-hybridized carbons (Fsp3) is 0.700. The van der Waals surface area contributed by atoms with Crippen molar-refractivity contribution in [1.82, 2.24) is 10.2 Å². The van der Waals surface area contributed by atoms with E-state index in [1.165, 1.54) is 30.5 Å². The average Bonchev–Trinajstić information content (AvgIpc) is 2.98. The van der Waals surface area contributed by atoms with Crippen molar-refractivity contribution in [2.45, 2.75) is 32.1 Å². The van der Waals surface area contributed by atoms with Crippen LogP contribution in [-0.4, -0.2) is 10.2 Å². The van der Waals surface area contributed by atoms with Crippen molar-refractivity contribution in [3.8, 4) is 0 Å². The fourth-order valence-corrected chi connectivity index (χ4v) is 2.38. The van der Waals surface area contributed by atoms with Crippen LogP contribution < -0.4 is 5.73 Å². The molecule has 3 N–H and O–H groups in total. The summed E-state index contributed by atoms with van der Waals surface area (Å²) in [6, 6.07) is 0. The molecule has 0 bridgehead atoms. The van der Waals surface area contributed by atoms with Crippen molar-refractivity contribution in [3.05, 3.63) is 11.3 Å². The maximum atomic E-state index is 5.70. The lowest BCUT2D eigenvalue weighted by Gasteiger charge is -1.96. The van der Waals surface area contributed by atoms with Crippen molar-refractivity contribution < 1.29 is 0 Å². The smallest absolute Gasteiger partial charge is 0.148 e. The second-order valence-corrected chi connectivity index (χ2v) is 4.49. The first-order chi connectivity index (χ1) is 6.27. The van der Waals surface area contributed by atoms with Crippen molar-refractivity contribution in [2.24, 2.45) is 11.8 Å². The van der Waals surface area contributed by atoms with E-state index in [2.05, 4.69) is 17.1 Å². The van der Waals surface area contributed by atoms with Gasteiger partial charge in [-0.25, -0.2) is 0 Å². The van der Waals surface area contributed by atoms with E-state index in [1.54, 1.807) is 0 Å². The molecule has 0 radical (unpaired) electrons. The summed E-state index contributed by atoms with van der Waals surface area (Å²) in [6.07, 6.45) is 4.25. The SMILES string of the molecule is Cc1c(N)n[nH]c1C1CC1C1CC1. The molecule has 0 spiro atoms. The van der Waals surface area contributed by atoms with E-state index >= 15 is 0 Å². The average molecular weight is 177 g/mol. The highest BCUT2D eigenvalue weighted by Gasteiger charge is 2.49. The molecule has 0 amide bonds. The summed E-state index contributed by atoms with van der Waals surface area (Å²) in [7, 11) is 0. The zero-order chi connectivity index (χ0) is 9.00. The van der Waals surface area contributed by atoms with Crippen LogP contribution in [0.25, 0.3) is 0 Å². The summed E-state index contributed by atoms with van der Waals surface area (Å²) >= 11 is 0. The Hall–Kier alpha value is -0.990. The van der Waals surface area contributed by atoms with Gasteiger partial charge in [0, 0.05) is 17.2 Å². The maximum absolute atomic E-state index is 5.70. The lowest BCUT2D eigenvalue weighted by molar-refractivity contribution is 0.682. The minimum atomic E-state index is 0.677. The predicted octanol–water partition coefficient (Wildman–Crippen LogP) is 1.81. The lowest BCUT2D eigenvalue weighted by atomic mass is 10.1. The molecule has 2 aliphatic rings. The van der Waals surface area contributed by atoms with Gasteiger partial charge in [-0.05, 0) is 38.0 Å². The third-order valence-electron chi connectivity index (χ3n) is 3.52. The first-order valence-corrected chi connectivity index (χ1v) is 5.07. The third-order valence-corrected chi connectivity index (χ3v) is 3.52. The van der Waals surface area contributed by atoms with Crippen LogP contribution in [0.2, 0.25) is 0 Å². The molecule has 2 unspecified atom stereocenters. The van der Waals surface area contributed by atoms with E-state index in [0.717, 1.165) is 17.8 Å². The quantitative estimate of drug-likeness (QED) is 0.724. The van der Waals surface area contributed by atoms with Crippen molar-refractivity contribution in [3.63, 3.8) is 0 Å². The van der Waals surface area contributed by atoms with Gasteiger partial charge in [-0.1, -0.05) is 0 Å². The highest BCUT2D eigenvalue weighted by Crippen LogP contribution is 2.59. The van der Waals surface area contributed by atoms with Crippen LogP contribution in [0.15, 0.2) is 0 Å². The van der Waals surface area contributed by atoms with E-state index in [9.17, 15) is 0 Å². The van der Waals surface area contributed by atoms with Crippen LogP contribution in [0.3, 0.4) is 0 Å². The van der Waals surface area contributed by atoms with Gasteiger partial charge in [0.05, 0.1) is 0 Å². The van der Waals surface area contributed by atoms with Crippen LogP contribution in [-0.2, 0) is 0 Å². The number of anilines is 1. The van der Waals surface area contributed by atoms with Gasteiger partial charge < -0.3 is 5.73 Å². The molecule has 3 rings (SSSR count). The highest BCUT2D eigenvalue weighted by atomic mass is 15.2. The number of nitrogens with one attached hydrogen (secondary N) is 1. The molecule has 0 aromatic carbocycles. The Morgan fingerprint density at radius 2 is 2.23 bits per heavy atom. The number of aromatic amines is 1. The number of hydrogen-bond donors (Lipinski definition) is 2. The lowest BCUT2D eigenvalue weighted by Crippen LogP contribution is -1.89. The number of H-pyrrole nitrogens is 1. The van der Waals surface area contributed by atoms with Gasteiger partial charge in [-0.2, -0.15) is 5.10 Å². The summed E-state index contributed by atoms with van der Waals surface area (Å²) in [5, 5.41) is 7.12. The maximum Gasteiger partial charge on any atom is 0.148 e. The number of nitrogens with two attached hydrogens (primary N) is 1. The molecular formula is C10H15N3. The molecular weight excluding hydrogens is 162 g/mol. The van der Waals surface area contributed by atoms with E-state index in [4.69, 9.17) is 5.73 Å². The molecule has 2 atom stereocenters. The standard InChI is InChI=1S/C10H15N3/c1-5-9(12-13-10(5)11)8-4-7(8)6-2-3-6/h6-8H,2-4H2,1H3,(H3,11,12,13). The van der Waals surface area contributed by atoms with Crippen LogP contribution in [0.4, 0.5) is 5.82 Å². The third kappa shape index (κ3) is 1.06. The predicted molar refractivity (Wildman–Crippen MR) is 51.3 cm³/mol. The van der Waals surface area contributed by atoms with E-state index < -0.39 is 0 Å². The molecule has 2 fully saturated rings. The molecule has 1 aromatic heterocycles. The Morgan fingerprint density at radius 1 is 1.46 bits per heavy atom. The molecule has 0 saturated heterocycles. The molecule has 0 aliphatic heterocycles. The minimum absolute atomic E-state index is 0.677. The van der Waals surface area contributed by atoms with Crippen LogP contribution in [0.1, 0.15) is 36.4 Å². The molecule has 70 valence electrons. The van der Waals surface area contributed by atoms with Gasteiger partial charge >= 0.3 is 0 Å². The number of rotatable bonds is 2. The van der Waals surface area contributed by atoms with E-state index in [1.807, 2.05) is 0 Å². The summed E-state index contributed by atoms with van der Waals surface area (Å²) in [5.41, 5.74) is 8.18. The number of nitrogens with zero attached hydrogens (tertiary/aromatic N) is 1. The largest absolute Gasteiger partial charge is 0.382 e. The highest BCUT2D eigenvalue weighted by molar-refractivity contribution is 5.43. The second kappa shape index (κ2) is 2.28. The van der Waals surface area contributed by atoms with E-state index in [0.29, 0.717) is 5.82 Å². The molecule has 2 saturated carbocycles. The Morgan fingerprint density at radius 3 is 2.77 bits per heavy atom. The first kappa shape index (κ1) is 7.42. The topological polar surface area (TPSA) is 54.7 Å². The normalized spacial score (nSPS) is 32.1. The minimum Gasteiger partial charge on any atom is -0.382 e. The molecule has 1 aromatic rings. The monoisotopic (exact) mass is 177 g/mol. The Bertz CT molecular complexity index is 338. The van der Waals surface area contributed by atoms with Gasteiger partial charge in [0.2, 0.25) is 0 Å². The number of nitrogen functional groups attached to an aromatic ring is 1. The number of hydrogen-bond acceptors (Lipinski definition) is 2. The summed E-state index contributed by atoms with van der Waals surface area (Å²) in [6.45, 7) is 2.07. The summed E-state index contributed by atoms with van der Waals surface area (Å²) < 4.78 is 0. The fourth-order valence-electron chi connectivity index (χ4n) is 2.38. The molecule has 2 aliphatic carbocycles. The molecule has 13 heavy (non-hydrogen) atoms. The van der Waals surface area contributed by atoms with Crippen molar-refractivity contribution >= 4 is 5.82 Å². The Labute approximate surface area is 77.7 Å². The molecule has 3 heteroatoms.